The maximum Gasteiger partial charge on any atom is 0.417 e. The van der Waals surface area contributed by atoms with Crippen LogP contribution in [0.2, 0.25) is 5.02 Å². The van der Waals surface area contributed by atoms with Gasteiger partial charge in [-0.05, 0) is 19.4 Å². The van der Waals surface area contributed by atoms with Crippen LogP contribution >= 0.6 is 23.4 Å². The zero-order valence-electron chi connectivity index (χ0n) is 13.7. The number of carbonyl (C=O) groups is 1. The summed E-state index contributed by atoms with van der Waals surface area (Å²) < 4.78 is 39.2. The first-order valence-electron chi connectivity index (χ1n) is 7.49. The summed E-state index contributed by atoms with van der Waals surface area (Å²) in [5.41, 5.74) is -1.39. The van der Waals surface area contributed by atoms with Crippen LogP contribution in [-0.2, 0) is 17.5 Å². The van der Waals surface area contributed by atoms with Crippen molar-refractivity contribution in [3.63, 3.8) is 0 Å². The fourth-order valence-electron chi connectivity index (χ4n) is 1.93. The highest BCUT2D eigenvalue weighted by molar-refractivity contribution is 8.00. The molecule has 0 fully saturated rings. The van der Waals surface area contributed by atoms with E-state index in [1.807, 2.05) is 6.92 Å². The van der Waals surface area contributed by atoms with E-state index >= 15 is 0 Å². The highest BCUT2D eigenvalue weighted by Crippen LogP contribution is 2.32. The van der Waals surface area contributed by atoms with Crippen molar-refractivity contribution in [1.82, 2.24) is 19.7 Å². The molecule has 0 spiro atoms. The molecule has 0 aliphatic carbocycles. The molecule has 0 saturated heterocycles. The number of hydrogen-bond acceptors (Lipinski definition) is 5. The minimum Gasteiger partial charge on any atom is -0.308 e. The van der Waals surface area contributed by atoms with Gasteiger partial charge in [-0.3, -0.25) is 9.36 Å². The number of anilines is 1. The molecular weight excluding hydrogens is 395 g/mol. The summed E-state index contributed by atoms with van der Waals surface area (Å²) >= 11 is 6.80. The van der Waals surface area contributed by atoms with Crippen LogP contribution in [0.15, 0.2) is 22.2 Å². The van der Waals surface area contributed by atoms with E-state index in [1.54, 1.807) is 6.92 Å². The molecule has 0 radical (unpaired) electrons. The number of nitrogens with zero attached hydrogens (tertiary/aromatic N) is 3. The average molecular weight is 410 g/mol. The second-order valence-electron chi connectivity index (χ2n) is 5.26. The van der Waals surface area contributed by atoms with Crippen LogP contribution in [0.5, 0.6) is 0 Å². The summed E-state index contributed by atoms with van der Waals surface area (Å²) in [6.07, 6.45) is -3.28. The number of nitrogens with one attached hydrogen (secondary N) is 2. The third-order valence-electron chi connectivity index (χ3n) is 3.23. The van der Waals surface area contributed by atoms with Crippen molar-refractivity contribution in [2.45, 2.75) is 43.4 Å². The van der Waals surface area contributed by atoms with Gasteiger partial charge in [0.05, 0.1) is 15.8 Å². The second kappa shape index (κ2) is 8.12. The van der Waals surface area contributed by atoms with E-state index in [2.05, 4.69) is 20.5 Å². The van der Waals surface area contributed by atoms with Gasteiger partial charge in [-0.15, -0.1) is 5.10 Å². The van der Waals surface area contributed by atoms with Gasteiger partial charge in [-0.25, -0.2) is 14.9 Å². The summed E-state index contributed by atoms with van der Waals surface area (Å²) in [6.45, 7) is 3.90. The topological polar surface area (TPSA) is 92.7 Å². The van der Waals surface area contributed by atoms with Crippen molar-refractivity contribution in [3.05, 3.63) is 33.3 Å². The van der Waals surface area contributed by atoms with E-state index in [9.17, 15) is 22.8 Å². The molecule has 0 aromatic carbocycles. The summed E-state index contributed by atoms with van der Waals surface area (Å²) in [7, 11) is 0. The first-order chi connectivity index (χ1) is 12.1. The van der Waals surface area contributed by atoms with Crippen molar-refractivity contribution in [2.24, 2.45) is 0 Å². The van der Waals surface area contributed by atoms with Crippen molar-refractivity contribution in [2.75, 3.05) is 5.32 Å². The molecule has 0 aliphatic heterocycles. The predicted octanol–water partition coefficient (Wildman–Crippen LogP) is 3.17. The predicted molar refractivity (Wildman–Crippen MR) is 91.3 cm³/mol. The van der Waals surface area contributed by atoms with Crippen LogP contribution in [0.4, 0.5) is 19.0 Å². The Morgan fingerprint density at radius 2 is 2.19 bits per heavy atom. The normalized spacial score (nSPS) is 12.8. The van der Waals surface area contributed by atoms with Crippen LogP contribution in [0, 0.1) is 0 Å². The van der Waals surface area contributed by atoms with Gasteiger partial charge in [0.15, 0.2) is 11.0 Å². The Morgan fingerprint density at radius 3 is 2.77 bits per heavy atom. The van der Waals surface area contributed by atoms with Crippen LogP contribution in [-0.4, -0.2) is 30.9 Å². The van der Waals surface area contributed by atoms with Gasteiger partial charge >= 0.3 is 11.9 Å². The fourth-order valence-corrected chi connectivity index (χ4v) is 3.02. The van der Waals surface area contributed by atoms with Crippen molar-refractivity contribution in [1.29, 1.82) is 0 Å². The molecule has 142 valence electrons. The minimum atomic E-state index is -4.58. The quantitative estimate of drug-likeness (QED) is 0.715. The van der Waals surface area contributed by atoms with Gasteiger partial charge in [0.25, 0.3) is 0 Å². The Hall–Kier alpha value is -2.01. The van der Waals surface area contributed by atoms with E-state index in [0.29, 0.717) is 30.4 Å². The summed E-state index contributed by atoms with van der Waals surface area (Å²) in [4.78, 5) is 27.4. The summed E-state index contributed by atoms with van der Waals surface area (Å²) in [5.74, 6) is -0.715. The number of aromatic nitrogens is 4. The molecule has 1 amide bonds. The molecule has 2 aromatic heterocycles. The molecule has 0 bridgehead atoms. The van der Waals surface area contributed by atoms with Gasteiger partial charge in [-0.1, -0.05) is 30.3 Å². The number of H-pyrrole nitrogens is 1. The molecule has 2 heterocycles. The van der Waals surface area contributed by atoms with Crippen molar-refractivity contribution < 1.29 is 18.0 Å². The smallest absolute Gasteiger partial charge is 0.308 e. The molecule has 26 heavy (non-hydrogen) atoms. The van der Waals surface area contributed by atoms with E-state index < -0.39 is 22.9 Å². The molecule has 7 nitrogen and oxygen atoms in total. The molecule has 12 heteroatoms. The van der Waals surface area contributed by atoms with Gasteiger partial charge in [0, 0.05) is 12.7 Å². The van der Waals surface area contributed by atoms with Gasteiger partial charge < -0.3 is 5.32 Å². The lowest BCUT2D eigenvalue weighted by molar-refractivity contribution is -0.137. The first-order valence-corrected chi connectivity index (χ1v) is 8.74. The molecule has 1 atom stereocenters. The van der Waals surface area contributed by atoms with E-state index in [0.717, 1.165) is 11.8 Å². The van der Waals surface area contributed by atoms with Crippen LogP contribution in [0.3, 0.4) is 0 Å². The number of rotatable bonds is 6. The molecule has 0 unspecified atom stereocenters. The van der Waals surface area contributed by atoms with Gasteiger partial charge in [-0.2, -0.15) is 13.2 Å². The number of amides is 1. The average Bonchev–Trinajstić information content (AvgIpc) is 2.89. The van der Waals surface area contributed by atoms with E-state index in [4.69, 9.17) is 11.6 Å². The lowest BCUT2D eigenvalue weighted by atomic mass is 10.2. The van der Waals surface area contributed by atoms with E-state index in [-0.39, 0.29) is 16.5 Å². The Bertz CT molecular complexity index is 852. The van der Waals surface area contributed by atoms with Crippen LogP contribution in [0.1, 0.15) is 25.8 Å². The standard InChI is InChI=1S/C14H15ClF3N5O2S/c1-3-4-23-12(25)21-22-13(23)26-7(2)11(24)20-10-9(15)5-8(6-19-10)14(16,17)18/h5-7H,3-4H2,1-2H3,(H,21,25)(H,19,20,24)/t7-/m0/s1. The third kappa shape index (κ3) is 4.79. The zero-order valence-corrected chi connectivity index (χ0v) is 15.3. The second-order valence-corrected chi connectivity index (χ2v) is 6.98. The maximum atomic E-state index is 12.6. The van der Waals surface area contributed by atoms with Crippen LogP contribution < -0.4 is 11.0 Å². The highest BCUT2D eigenvalue weighted by atomic mass is 35.5. The SMILES string of the molecule is CCCn1c(S[C@@H](C)C(=O)Nc2ncc(C(F)(F)F)cc2Cl)n[nH]c1=O. The molecule has 2 aromatic rings. The monoisotopic (exact) mass is 409 g/mol. The Balaban J connectivity index is 2.09. The Morgan fingerprint density at radius 1 is 1.50 bits per heavy atom. The fraction of sp³-hybridized carbons (Fsp3) is 0.429. The van der Waals surface area contributed by atoms with Crippen LogP contribution in [0.25, 0.3) is 0 Å². The number of hydrogen-bond donors (Lipinski definition) is 2. The number of carbonyl (C=O) groups excluding carboxylic acids is 1. The number of pyridine rings is 1. The van der Waals surface area contributed by atoms with E-state index in [1.165, 1.54) is 4.57 Å². The Labute approximate surface area is 155 Å². The number of alkyl halides is 3. The molecule has 0 aliphatic rings. The first kappa shape index (κ1) is 20.3. The molecule has 0 saturated carbocycles. The maximum absolute atomic E-state index is 12.6. The number of halogens is 4. The molecule has 2 rings (SSSR count). The molecule has 2 N–H and O–H groups in total. The third-order valence-corrected chi connectivity index (χ3v) is 4.61. The lowest BCUT2D eigenvalue weighted by Gasteiger charge is -2.13. The largest absolute Gasteiger partial charge is 0.417 e. The zero-order chi connectivity index (χ0) is 19.5. The van der Waals surface area contributed by atoms with Gasteiger partial charge in [0.1, 0.15) is 0 Å². The summed E-state index contributed by atoms with van der Waals surface area (Å²) in [6, 6.07) is 0.689. The number of aromatic amines is 1. The number of thioether (sulfide) groups is 1. The highest BCUT2D eigenvalue weighted by Gasteiger charge is 2.32. The van der Waals surface area contributed by atoms with Crippen molar-refractivity contribution in [3.8, 4) is 0 Å². The summed E-state index contributed by atoms with van der Waals surface area (Å²) in [5, 5.41) is 7.86. The lowest BCUT2D eigenvalue weighted by Crippen LogP contribution is -2.24. The minimum absolute atomic E-state index is 0.176. The molecular formula is C14H15ClF3N5O2S. The van der Waals surface area contributed by atoms with Gasteiger partial charge in [0.2, 0.25) is 5.91 Å². The Kier molecular flexibility index (Phi) is 6.34. The van der Waals surface area contributed by atoms with Crippen molar-refractivity contribution >= 4 is 35.1 Å².